The van der Waals surface area contributed by atoms with E-state index in [0.29, 0.717) is 24.1 Å². The number of alkyl halides is 4. The molecule has 1 aliphatic rings. The maximum absolute atomic E-state index is 14.5. The molecule has 2 N–H and O–H groups in total. The molecule has 204 valence electrons. The molecule has 1 fully saturated rings. The van der Waals surface area contributed by atoms with E-state index < -0.39 is 46.8 Å². The van der Waals surface area contributed by atoms with Crippen LogP contribution in [0.5, 0.6) is 0 Å². The SMILES string of the molecule is O=C(O)C1(F)CCCN(CC(O)c2ccc(-c3noc(-c4onc(-c5ccccc5)c4C(F)(F)F)n3)cc2)C1. The topological polar surface area (TPSA) is 126 Å². The van der Waals surface area contributed by atoms with Crippen LogP contribution < -0.4 is 0 Å². The summed E-state index contributed by atoms with van der Waals surface area (Å²) in [6.07, 6.45) is -5.57. The van der Waals surface area contributed by atoms with E-state index in [-0.39, 0.29) is 30.9 Å². The summed E-state index contributed by atoms with van der Waals surface area (Å²) in [4.78, 5) is 16.8. The zero-order valence-electron chi connectivity index (χ0n) is 20.2. The maximum atomic E-state index is 14.5. The van der Waals surface area contributed by atoms with Crippen LogP contribution in [0.15, 0.2) is 63.6 Å². The third-order valence-corrected chi connectivity index (χ3v) is 6.53. The number of nitrogens with zero attached hydrogens (tertiary/aromatic N) is 4. The highest BCUT2D eigenvalue weighted by Crippen LogP contribution is 2.43. The first kappa shape index (κ1) is 26.5. The summed E-state index contributed by atoms with van der Waals surface area (Å²) < 4.78 is 66.4. The summed E-state index contributed by atoms with van der Waals surface area (Å²) in [6.45, 7) is 0.157. The Labute approximate surface area is 218 Å². The summed E-state index contributed by atoms with van der Waals surface area (Å²) in [6, 6.07) is 14.0. The average Bonchev–Trinajstić information content (AvgIpc) is 3.57. The largest absolute Gasteiger partial charge is 0.479 e. The van der Waals surface area contributed by atoms with Gasteiger partial charge in [-0.15, -0.1) is 0 Å². The second kappa shape index (κ2) is 10.2. The van der Waals surface area contributed by atoms with Crippen molar-refractivity contribution in [2.45, 2.75) is 30.8 Å². The molecule has 0 amide bonds. The van der Waals surface area contributed by atoms with E-state index in [1.54, 1.807) is 47.4 Å². The van der Waals surface area contributed by atoms with Gasteiger partial charge in [0, 0.05) is 24.2 Å². The number of likely N-dealkylation sites (tertiary alicyclic amines) is 1. The molecule has 1 aliphatic heterocycles. The maximum Gasteiger partial charge on any atom is 0.422 e. The molecular weight excluding hydrogens is 524 g/mol. The van der Waals surface area contributed by atoms with Gasteiger partial charge >= 0.3 is 12.1 Å². The fourth-order valence-electron chi connectivity index (χ4n) is 4.56. The number of rotatable bonds is 7. The van der Waals surface area contributed by atoms with Gasteiger partial charge in [-0.3, -0.25) is 4.90 Å². The number of halogens is 4. The van der Waals surface area contributed by atoms with Crippen molar-refractivity contribution < 1.29 is 41.6 Å². The van der Waals surface area contributed by atoms with Gasteiger partial charge in [0.05, 0.1) is 6.10 Å². The van der Waals surface area contributed by atoms with Gasteiger partial charge in [-0.05, 0) is 24.9 Å². The highest BCUT2D eigenvalue weighted by Gasteiger charge is 2.44. The van der Waals surface area contributed by atoms with E-state index in [0.717, 1.165) is 0 Å². The molecule has 0 saturated carbocycles. The van der Waals surface area contributed by atoms with Crippen molar-refractivity contribution in [1.29, 1.82) is 0 Å². The number of hydrogen-bond donors (Lipinski definition) is 2. The minimum Gasteiger partial charge on any atom is -0.479 e. The monoisotopic (exact) mass is 546 g/mol. The number of aliphatic hydroxyl groups is 1. The normalized spacial score (nSPS) is 19.2. The quantitative estimate of drug-likeness (QED) is 0.308. The lowest BCUT2D eigenvalue weighted by Crippen LogP contribution is -2.51. The molecule has 4 aromatic rings. The van der Waals surface area contributed by atoms with Crippen LogP contribution >= 0.6 is 0 Å². The van der Waals surface area contributed by atoms with Gasteiger partial charge in [0.1, 0.15) is 11.3 Å². The number of aliphatic hydroxyl groups excluding tert-OH is 1. The average molecular weight is 546 g/mol. The van der Waals surface area contributed by atoms with Crippen molar-refractivity contribution in [2.75, 3.05) is 19.6 Å². The minimum atomic E-state index is -4.81. The number of piperidine rings is 1. The highest BCUT2D eigenvalue weighted by atomic mass is 19.4. The smallest absolute Gasteiger partial charge is 0.422 e. The van der Waals surface area contributed by atoms with E-state index in [9.17, 15) is 27.5 Å². The Morgan fingerprint density at radius 3 is 2.44 bits per heavy atom. The number of β-amino-alcohol motifs (C(OH)–C–C–N with tert-alkyl or cyclic N) is 1. The summed E-state index contributed by atoms with van der Waals surface area (Å²) in [5.74, 6) is -2.75. The third kappa shape index (κ3) is 5.40. The summed E-state index contributed by atoms with van der Waals surface area (Å²) in [5.41, 5.74) is -2.83. The summed E-state index contributed by atoms with van der Waals surface area (Å²) >= 11 is 0. The van der Waals surface area contributed by atoms with Crippen molar-refractivity contribution in [3.8, 4) is 34.3 Å². The number of carboxylic acid groups (broad SMARTS) is 1. The van der Waals surface area contributed by atoms with Gasteiger partial charge in [0.15, 0.2) is 0 Å². The van der Waals surface area contributed by atoms with E-state index in [2.05, 4.69) is 15.3 Å². The lowest BCUT2D eigenvalue weighted by atomic mass is 9.94. The van der Waals surface area contributed by atoms with Crippen LogP contribution in [0.4, 0.5) is 17.6 Å². The number of benzene rings is 2. The Morgan fingerprint density at radius 1 is 1.05 bits per heavy atom. The Kier molecular flexibility index (Phi) is 6.95. The Balaban J connectivity index is 1.34. The molecule has 3 heterocycles. The molecule has 9 nitrogen and oxygen atoms in total. The van der Waals surface area contributed by atoms with Crippen molar-refractivity contribution in [3.05, 3.63) is 65.7 Å². The van der Waals surface area contributed by atoms with Crippen LogP contribution in [0.25, 0.3) is 34.3 Å². The van der Waals surface area contributed by atoms with E-state index in [4.69, 9.17) is 14.2 Å². The number of aromatic nitrogens is 3. The molecule has 2 aromatic carbocycles. The number of hydrogen-bond acceptors (Lipinski definition) is 8. The fourth-order valence-corrected chi connectivity index (χ4v) is 4.56. The van der Waals surface area contributed by atoms with Gasteiger partial charge in [0.25, 0.3) is 5.89 Å². The fraction of sp³-hybridized carbons (Fsp3) is 0.308. The second-order valence-corrected chi connectivity index (χ2v) is 9.27. The van der Waals surface area contributed by atoms with Crippen molar-refractivity contribution in [2.24, 2.45) is 0 Å². The van der Waals surface area contributed by atoms with E-state index in [1.165, 1.54) is 12.1 Å². The molecule has 0 bridgehead atoms. The molecular formula is C26H22F4N4O5. The molecule has 1 saturated heterocycles. The van der Waals surface area contributed by atoms with Crippen LogP contribution in [-0.4, -0.2) is 61.7 Å². The zero-order valence-corrected chi connectivity index (χ0v) is 20.2. The number of aliphatic carboxylic acids is 1. The van der Waals surface area contributed by atoms with Crippen molar-refractivity contribution in [3.63, 3.8) is 0 Å². The molecule has 0 spiro atoms. The zero-order chi connectivity index (χ0) is 27.8. The molecule has 39 heavy (non-hydrogen) atoms. The molecule has 2 aromatic heterocycles. The minimum absolute atomic E-state index is 0.0171. The van der Waals surface area contributed by atoms with Crippen LogP contribution in [0.2, 0.25) is 0 Å². The van der Waals surface area contributed by atoms with E-state index in [1.807, 2.05) is 0 Å². The predicted octanol–water partition coefficient (Wildman–Crippen LogP) is 5.00. The first-order valence-corrected chi connectivity index (χ1v) is 11.9. The van der Waals surface area contributed by atoms with Crippen LogP contribution in [0, 0.1) is 0 Å². The standard InChI is InChI=1S/C26H22F4N4O5/c27-25(24(36)37)11-4-12-34(14-25)13-18(35)15-7-9-17(10-8-15)22-31-23(39-33-22)21-19(26(28,29)30)20(32-38-21)16-5-2-1-3-6-16/h1-3,5-10,18,35H,4,11-14H2,(H,36,37). The lowest BCUT2D eigenvalue weighted by molar-refractivity contribution is -0.155. The first-order chi connectivity index (χ1) is 18.5. The van der Waals surface area contributed by atoms with Crippen molar-refractivity contribution >= 4 is 5.97 Å². The van der Waals surface area contributed by atoms with Gasteiger partial charge in [-0.25, -0.2) is 9.18 Å². The number of carboxylic acids is 1. The Bertz CT molecular complexity index is 1460. The highest BCUT2D eigenvalue weighted by molar-refractivity contribution is 5.77. The molecule has 5 rings (SSSR count). The lowest BCUT2D eigenvalue weighted by Gasteiger charge is -2.35. The van der Waals surface area contributed by atoms with E-state index >= 15 is 0 Å². The predicted molar refractivity (Wildman–Crippen MR) is 128 cm³/mol. The van der Waals surface area contributed by atoms with Crippen LogP contribution in [0.1, 0.15) is 30.1 Å². The number of carbonyl (C=O) groups is 1. The van der Waals surface area contributed by atoms with Crippen molar-refractivity contribution in [1.82, 2.24) is 20.2 Å². The van der Waals surface area contributed by atoms with Gasteiger partial charge in [0.2, 0.25) is 17.3 Å². The Hall–Kier alpha value is -4.10. The van der Waals surface area contributed by atoms with Gasteiger partial charge < -0.3 is 19.3 Å². The Morgan fingerprint density at radius 2 is 1.77 bits per heavy atom. The van der Waals surface area contributed by atoms with Crippen LogP contribution in [-0.2, 0) is 11.0 Å². The summed E-state index contributed by atoms with van der Waals surface area (Å²) in [5, 5.41) is 27.1. The third-order valence-electron chi connectivity index (χ3n) is 6.53. The summed E-state index contributed by atoms with van der Waals surface area (Å²) in [7, 11) is 0. The molecule has 0 radical (unpaired) electrons. The molecule has 2 unspecified atom stereocenters. The molecule has 2 atom stereocenters. The van der Waals surface area contributed by atoms with Gasteiger partial charge in [-0.2, -0.15) is 18.2 Å². The second-order valence-electron chi connectivity index (χ2n) is 9.27. The van der Waals surface area contributed by atoms with Crippen LogP contribution in [0.3, 0.4) is 0 Å². The van der Waals surface area contributed by atoms with Gasteiger partial charge in [-0.1, -0.05) is 64.9 Å². The first-order valence-electron chi connectivity index (χ1n) is 11.9. The molecule has 13 heteroatoms. The molecule has 0 aliphatic carbocycles.